The predicted octanol–water partition coefficient (Wildman–Crippen LogP) is 2.26. The molecule has 2 rings (SSSR count). The van der Waals surface area contributed by atoms with E-state index in [-0.39, 0.29) is 42.4 Å². The van der Waals surface area contributed by atoms with Crippen molar-refractivity contribution in [3.63, 3.8) is 0 Å². The fraction of sp³-hybridized carbons (Fsp3) is 0.353. The molecule has 4 N–H and O–H groups in total. The van der Waals surface area contributed by atoms with Crippen LogP contribution in [0.15, 0.2) is 24.3 Å². The zero-order chi connectivity index (χ0) is 18.4. The van der Waals surface area contributed by atoms with Crippen LogP contribution < -0.4 is 16.0 Å². The van der Waals surface area contributed by atoms with E-state index in [0.29, 0.717) is 0 Å². The summed E-state index contributed by atoms with van der Waals surface area (Å²) in [6, 6.07) is 5.85. The third-order valence-electron chi connectivity index (χ3n) is 3.53. The number of thiazole rings is 1. The van der Waals surface area contributed by atoms with E-state index >= 15 is 0 Å². The first-order valence-corrected chi connectivity index (χ1v) is 8.74. The number of aryl methyl sites for hydroxylation is 2. The molecule has 134 valence electrons. The minimum Gasteiger partial charge on any atom is -0.507 e. The summed E-state index contributed by atoms with van der Waals surface area (Å²) >= 11 is 1.56. The van der Waals surface area contributed by atoms with Crippen molar-refractivity contribution in [2.45, 2.75) is 26.8 Å². The minimum absolute atomic E-state index is 0.0743. The van der Waals surface area contributed by atoms with Crippen LogP contribution in [0, 0.1) is 13.8 Å². The van der Waals surface area contributed by atoms with Crippen molar-refractivity contribution in [3.8, 4) is 5.75 Å². The van der Waals surface area contributed by atoms with Crippen molar-refractivity contribution in [3.05, 3.63) is 45.4 Å². The zero-order valence-electron chi connectivity index (χ0n) is 14.4. The number of carbonyl (C=O) groups excluding carboxylic acids is 2. The average molecular weight is 362 g/mol. The van der Waals surface area contributed by atoms with Gasteiger partial charge in [-0.15, -0.1) is 11.3 Å². The van der Waals surface area contributed by atoms with E-state index in [1.807, 2.05) is 20.8 Å². The van der Waals surface area contributed by atoms with Gasteiger partial charge in [-0.3, -0.25) is 4.79 Å². The molecule has 0 unspecified atom stereocenters. The topological polar surface area (TPSA) is 103 Å². The molecule has 0 saturated carbocycles. The van der Waals surface area contributed by atoms with Gasteiger partial charge < -0.3 is 21.1 Å². The number of urea groups is 1. The van der Waals surface area contributed by atoms with Crippen LogP contribution in [0.1, 0.15) is 38.9 Å². The summed E-state index contributed by atoms with van der Waals surface area (Å²) < 4.78 is 0. The highest BCUT2D eigenvalue weighted by molar-refractivity contribution is 7.11. The molecule has 0 spiro atoms. The molecule has 1 heterocycles. The Hall–Kier alpha value is -2.61. The number of rotatable bonds is 6. The Labute approximate surface area is 150 Å². The lowest BCUT2D eigenvalue weighted by Gasteiger charge is -2.14. The number of hydrogen-bond acceptors (Lipinski definition) is 5. The molecule has 0 saturated heterocycles. The number of aromatic hydroxyl groups is 1. The molecule has 0 radical (unpaired) electrons. The van der Waals surface area contributed by atoms with E-state index < -0.39 is 0 Å². The number of phenols is 1. The number of phenolic OH excluding ortho intramolecular Hbond substituents is 1. The summed E-state index contributed by atoms with van der Waals surface area (Å²) in [4.78, 5) is 29.2. The Morgan fingerprint density at radius 2 is 1.88 bits per heavy atom. The van der Waals surface area contributed by atoms with Crippen molar-refractivity contribution in [2.24, 2.45) is 0 Å². The van der Waals surface area contributed by atoms with Gasteiger partial charge in [0.05, 0.1) is 22.3 Å². The van der Waals surface area contributed by atoms with Crippen LogP contribution in [0.5, 0.6) is 5.75 Å². The van der Waals surface area contributed by atoms with Crippen LogP contribution in [-0.2, 0) is 0 Å². The lowest BCUT2D eigenvalue weighted by Crippen LogP contribution is -2.41. The molecular formula is C17H22N4O3S. The van der Waals surface area contributed by atoms with E-state index in [0.717, 1.165) is 15.6 Å². The molecule has 0 aliphatic carbocycles. The summed E-state index contributed by atoms with van der Waals surface area (Å²) in [5.74, 6) is -0.459. The van der Waals surface area contributed by atoms with E-state index in [1.54, 1.807) is 23.5 Å². The number of nitrogens with one attached hydrogen (secondary N) is 3. The monoisotopic (exact) mass is 362 g/mol. The maximum atomic E-state index is 11.9. The van der Waals surface area contributed by atoms with Gasteiger partial charge in [-0.1, -0.05) is 12.1 Å². The average Bonchev–Trinajstić information content (AvgIpc) is 2.90. The number of benzene rings is 1. The van der Waals surface area contributed by atoms with Crippen molar-refractivity contribution in [2.75, 3.05) is 13.1 Å². The van der Waals surface area contributed by atoms with E-state index in [9.17, 15) is 14.7 Å². The summed E-state index contributed by atoms with van der Waals surface area (Å²) in [5.41, 5.74) is 1.13. The lowest BCUT2D eigenvalue weighted by molar-refractivity contribution is 0.0951. The summed E-state index contributed by atoms with van der Waals surface area (Å²) in [5, 5.41) is 18.8. The van der Waals surface area contributed by atoms with Crippen LogP contribution in [0.3, 0.4) is 0 Å². The number of nitrogens with zero attached hydrogens (tertiary/aromatic N) is 1. The van der Waals surface area contributed by atoms with Gasteiger partial charge in [-0.2, -0.15) is 0 Å². The Morgan fingerprint density at radius 3 is 2.52 bits per heavy atom. The van der Waals surface area contributed by atoms with Crippen LogP contribution in [0.2, 0.25) is 0 Å². The molecule has 7 nitrogen and oxygen atoms in total. The molecule has 8 heteroatoms. The van der Waals surface area contributed by atoms with Gasteiger partial charge in [-0.05, 0) is 32.9 Å². The predicted molar refractivity (Wildman–Crippen MR) is 97.0 cm³/mol. The van der Waals surface area contributed by atoms with Crippen molar-refractivity contribution in [1.29, 1.82) is 0 Å². The Morgan fingerprint density at radius 1 is 1.20 bits per heavy atom. The van der Waals surface area contributed by atoms with Gasteiger partial charge in [0.1, 0.15) is 5.75 Å². The minimum atomic E-state index is -0.385. The highest BCUT2D eigenvalue weighted by Gasteiger charge is 2.15. The quantitative estimate of drug-likeness (QED) is 0.592. The summed E-state index contributed by atoms with van der Waals surface area (Å²) in [7, 11) is 0. The first kappa shape index (κ1) is 18.7. The van der Waals surface area contributed by atoms with Crippen molar-refractivity contribution < 1.29 is 14.7 Å². The van der Waals surface area contributed by atoms with Crippen molar-refractivity contribution in [1.82, 2.24) is 20.9 Å². The second-order valence-electron chi connectivity index (χ2n) is 5.58. The smallest absolute Gasteiger partial charge is 0.315 e. The molecule has 0 aliphatic heterocycles. The van der Waals surface area contributed by atoms with Crippen LogP contribution in [0.25, 0.3) is 0 Å². The maximum Gasteiger partial charge on any atom is 0.315 e. The number of aromatic nitrogens is 1. The molecule has 0 fully saturated rings. The highest BCUT2D eigenvalue weighted by Crippen LogP contribution is 2.24. The highest BCUT2D eigenvalue weighted by atomic mass is 32.1. The summed E-state index contributed by atoms with van der Waals surface area (Å²) in [6.07, 6.45) is 0. The molecular weight excluding hydrogens is 340 g/mol. The number of hydrogen-bond donors (Lipinski definition) is 4. The van der Waals surface area contributed by atoms with Gasteiger partial charge in [0.25, 0.3) is 5.91 Å². The summed E-state index contributed by atoms with van der Waals surface area (Å²) in [6.45, 7) is 6.29. The standard InChI is InChI=1S/C17H22N4O3S/c1-10-15(25-12(3)20-10)11(2)21-17(24)19-9-8-18-16(23)13-6-4-5-7-14(13)22/h4-7,11,22H,8-9H2,1-3H3,(H,18,23)(H2,19,21,24)/t11-/m0/s1. The van der Waals surface area contributed by atoms with Gasteiger partial charge in [0, 0.05) is 18.0 Å². The Balaban J connectivity index is 1.73. The fourth-order valence-corrected chi connectivity index (χ4v) is 3.30. The van der Waals surface area contributed by atoms with Crippen LogP contribution in [-0.4, -0.2) is 35.1 Å². The second-order valence-corrected chi connectivity index (χ2v) is 6.81. The van der Waals surface area contributed by atoms with Gasteiger partial charge in [0.15, 0.2) is 0 Å². The molecule has 1 aromatic heterocycles. The molecule has 2 aromatic rings. The van der Waals surface area contributed by atoms with Gasteiger partial charge in [0.2, 0.25) is 0 Å². The first-order valence-electron chi connectivity index (χ1n) is 7.93. The molecule has 0 bridgehead atoms. The zero-order valence-corrected chi connectivity index (χ0v) is 15.2. The lowest BCUT2D eigenvalue weighted by atomic mass is 10.2. The van der Waals surface area contributed by atoms with Crippen LogP contribution >= 0.6 is 11.3 Å². The second kappa shape index (κ2) is 8.48. The first-order chi connectivity index (χ1) is 11.9. The Bertz CT molecular complexity index is 760. The normalized spacial score (nSPS) is 11.6. The van der Waals surface area contributed by atoms with E-state index in [1.165, 1.54) is 12.1 Å². The molecule has 3 amide bonds. The van der Waals surface area contributed by atoms with E-state index in [4.69, 9.17) is 0 Å². The number of para-hydroxylation sites is 1. The molecule has 25 heavy (non-hydrogen) atoms. The van der Waals surface area contributed by atoms with Gasteiger partial charge in [-0.25, -0.2) is 9.78 Å². The third-order valence-corrected chi connectivity index (χ3v) is 4.78. The number of amides is 3. The fourth-order valence-electron chi connectivity index (χ4n) is 2.37. The number of carbonyl (C=O) groups is 2. The Kier molecular flexibility index (Phi) is 6.35. The largest absolute Gasteiger partial charge is 0.507 e. The maximum absolute atomic E-state index is 11.9. The van der Waals surface area contributed by atoms with Crippen molar-refractivity contribution >= 4 is 23.3 Å². The van der Waals surface area contributed by atoms with Gasteiger partial charge >= 0.3 is 6.03 Å². The molecule has 1 atom stereocenters. The van der Waals surface area contributed by atoms with Crippen LogP contribution in [0.4, 0.5) is 4.79 Å². The van der Waals surface area contributed by atoms with E-state index in [2.05, 4.69) is 20.9 Å². The third kappa shape index (κ3) is 5.18. The molecule has 0 aliphatic rings. The molecule has 1 aromatic carbocycles. The SMILES string of the molecule is Cc1nc(C)c([C@H](C)NC(=O)NCCNC(=O)c2ccccc2O)s1.